The molecule has 0 saturated carbocycles. The van der Waals surface area contributed by atoms with Gasteiger partial charge >= 0.3 is 5.97 Å². The van der Waals surface area contributed by atoms with Gasteiger partial charge in [0.15, 0.2) is 6.61 Å². The number of hydrogen-bond acceptors (Lipinski definition) is 4. The predicted molar refractivity (Wildman–Crippen MR) is 97.8 cm³/mol. The van der Waals surface area contributed by atoms with Crippen LogP contribution >= 0.6 is 35.0 Å². The third kappa shape index (κ3) is 6.94. The van der Waals surface area contributed by atoms with Crippen molar-refractivity contribution in [3.8, 4) is 0 Å². The van der Waals surface area contributed by atoms with Crippen molar-refractivity contribution >= 4 is 52.5 Å². The van der Waals surface area contributed by atoms with Crippen LogP contribution in [0.2, 0.25) is 10.0 Å². The Bertz CT molecular complexity index is 756. The number of halogens is 3. The van der Waals surface area contributed by atoms with Gasteiger partial charge in [-0.3, -0.25) is 9.59 Å². The average Bonchev–Trinajstić information content (AvgIpc) is 2.58. The molecule has 0 aliphatic rings. The second kappa shape index (κ2) is 9.65. The minimum Gasteiger partial charge on any atom is -0.456 e. The van der Waals surface area contributed by atoms with E-state index < -0.39 is 11.9 Å². The summed E-state index contributed by atoms with van der Waals surface area (Å²) in [7, 11) is 0. The van der Waals surface area contributed by atoms with E-state index in [1.165, 1.54) is 30.0 Å². The van der Waals surface area contributed by atoms with E-state index in [1.807, 2.05) is 0 Å². The Hall–Kier alpha value is -1.76. The molecule has 0 aliphatic heterocycles. The van der Waals surface area contributed by atoms with Crippen LogP contribution in [-0.2, 0) is 14.3 Å². The highest BCUT2D eigenvalue weighted by Crippen LogP contribution is 2.25. The molecule has 0 aliphatic carbocycles. The maximum Gasteiger partial charge on any atom is 0.307 e. The highest BCUT2D eigenvalue weighted by molar-refractivity contribution is 7.99. The maximum atomic E-state index is 12.8. The molecule has 25 heavy (non-hydrogen) atoms. The van der Waals surface area contributed by atoms with Crippen molar-refractivity contribution in [2.75, 3.05) is 17.7 Å². The normalized spacial score (nSPS) is 10.4. The highest BCUT2D eigenvalue weighted by Gasteiger charge is 2.09. The van der Waals surface area contributed by atoms with Crippen molar-refractivity contribution in [1.82, 2.24) is 0 Å². The van der Waals surface area contributed by atoms with E-state index in [0.29, 0.717) is 21.5 Å². The van der Waals surface area contributed by atoms with Crippen LogP contribution in [0.15, 0.2) is 47.4 Å². The Balaban J connectivity index is 1.67. The van der Waals surface area contributed by atoms with Gasteiger partial charge in [0, 0.05) is 16.3 Å². The van der Waals surface area contributed by atoms with Gasteiger partial charge in [-0.05, 0) is 42.5 Å². The van der Waals surface area contributed by atoms with Crippen molar-refractivity contribution < 1.29 is 18.7 Å². The van der Waals surface area contributed by atoms with Crippen molar-refractivity contribution in [3.63, 3.8) is 0 Å². The first-order valence-electron chi connectivity index (χ1n) is 7.23. The number of rotatable bonds is 7. The van der Waals surface area contributed by atoms with Gasteiger partial charge in [0.25, 0.3) is 5.91 Å². The van der Waals surface area contributed by atoms with Crippen LogP contribution in [0.1, 0.15) is 6.42 Å². The predicted octanol–water partition coefficient (Wildman–Crippen LogP) is 4.80. The first kappa shape index (κ1) is 19.6. The van der Waals surface area contributed by atoms with Crippen LogP contribution < -0.4 is 5.32 Å². The van der Waals surface area contributed by atoms with Crippen molar-refractivity contribution in [1.29, 1.82) is 0 Å². The molecule has 0 atom stereocenters. The van der Waals surface area contributed by atoms with E-state index in [1.54, 1.807) is 24.3 Å². The Labute approximate surface area is 158 Å². The van der Waals surface area contributed by atoms with Crippen LogP contribution in [0.3, 0.4) is 0 Å². The molecule has 1 N–H and O–H groups in total. The fourth-order valence-corrected chi connectivity index (χ4v) is 2.90. The molecule has 0 heterocycles. The molecule has 8 heteroatoms. The molecule has 2 aromatic carbocycles. The summed E-state index contributed by atoms with van der Waals surface area (Å²) >= 11 is 13.0. The topological polar surface area (TPSA) is 55.4 Å². The van der Waals surface area contributed by atoms with Gasteiger partial charge in [0.2, 0.25) is 0 Å². The van der Waals surface area contributed by atoms with Gasteiger partial charge in [0.05, 0.1) is 16.5 Å². The van der Waals surface area contributed by atoms with Gasteiger partial charge < -0.3 is 10.1 Å². The zero-order valence-electron chi connectivity index (χ0n) is 12.9. The quantitative estimate of drug-likeness (QED) is 0.534. The van der Waals surface area contributed by atoms with Crippen molar-refractivity contribution in [3.05, 3.63) is 58.3 Å². The number of thioether (sulfide) groups is 1. The fourth-order valence-electron chi connectivity index (χ4n) is 1.77. The number of benzene rings is 2. The molecule has 0 unspecified atom stereocenters. The number of hydrogen-bond donors (Lipinski definition) is 1. The standard InChI is InChI=1S/C17H14Cl2FNO3S/c18-14-6-3-12(9-15(14)19)21-16(22)10-24-17(23)7-8-25-13-4-1-11(20)2-5-13/h1-6,9H,7-8,10H2,(H,21,22). The lowest BCUT2D eigenvalue weighted by molar-refractivity contribution is -0.146. The maximum absolute atomic E-state index is 12.8. The largest absolute Gasteiger partial charge is 0.456 e. The minimum absolute atomic E-state index is 0.141. The lowest BCUT2D eigenvalue weighted by atomic mass is 10.3. The summed E-state index contributed by atoms with van der Waals surface area (Å²) in [5, 5.41) is 3.25. The Morgan fingerprint density at radius 1 is 1.08 bits per heavy atom. The van der Waals surface area contributed by atoms with Crippen molar-refractivity contribution in [2.45, 2.75) is 11.3 Å². The second-order valence-electron chi connectivity index (χ2n) is 4.89. The van der Waals surface area contributed by atoms with E-state index in [-0.39, 0.29) is 18.8 Å². The van der Waals surface area contributed by atoms with Crippen LogP contribution in [0, 0.1) is 5.82 Å². The van der Waals surface area contributed by atoms with E-state index >= 15 is 0 Å². The van der Waals surface area contributed by atoms with Crippen LogP contribution in [-0.4, -0.2) is 24.2 Å². The summed E-state index contributed by atoms with van der Waals surface area (Å²) in [6.45, 7) is -0.389. The number of carbonyl (C=O) groups excluding carboxylic acids is 2. The molecule has 0 bridgehead atoms. The zero-order chi connectivity index (χ0) is 18.2. The van der Waals surface area contributed by atoms with Gasteiger partial charge in [-0.1, -0.05) is 23.2 Å². The summed E-state index contributed by atoms with van der Waals surface area (Å²) in [6, 6.07) is 10.6. The number of ether oxygens (including phenoxy) is 1. The molecule has 2 aromatic rings. The Morgan fingerprint density at radius 2 is 1.80 bits per heavy atom. The molecule has 0 spiro atoms. The number of nitrogens with one attached hydrogen (secondary N) is 1. The second-order valence-corrected chi connectivity index (χ2v) is 6.87. The summed E-state index contributed by atoms with van der Waals surface area (Å²) in [6.07, 6.45) is 0.141. The smallest absolute Gasteiger partial charge is 0.307 e. The van der Waals surface area contributed by atoms with E-state index in [0.717, 1.165) is 4.90 Å². The molecule has 132 valence electrons. The molecule has 0 saturated heterocycles. The number of anilines is 1. The average molecular weight is 402 g/mol. The summed E-state index contributed by atoms with van der Waals surface area (Å²) in [5.41, 5.74) is 0.460. The van der Waals surface area contributed by atoms with Crippen LogP contribution in [0.25, 0.3) is 0 Å². The molecule has 2 rings (SSSR count). The first-order valence-corrected chi connectivity index (χ1v) is 8.97. The van der Waals surface area contributed by atoms with Gasteiger partial charge in [-0.25, -0.2) is 4.39 Å². The first-order chi connectivity index (χ1) is 11.9. The zero-order valence-corrected chi connectivity index (χ0v) is 15.3. The number of esters is 1. The monoisotopic (exact) mass is 401 g/mol. The summed E-state index contributed by atoms with van der Waals surface area (Å²) in [5.74, 6) is -0.799. The van der Waals surface area contributed by atoms with Crippen LogP contribution in [0.4, 0.5) is 10.1 Å². The third-order valence-electron chi connectivity index (χ3n) is 2.96. The van der Waals surface area contributed by atoms with E-state index in [4.69, 9.17) is 27.9 Å². The third-order valence-corrected chi connectivity index (χ3v) is 4.71. The number of carbonyl (C=O) groups is 2. The number of amides is 1. The van der Waals surface area contributed by atoms with E-state index in [9.17, 15) is 14.0 Å². The molecule has 4 nitrogen and oxygen atoms in total. The van der Waals surface area contributed by atoms with E-state index in [2.05, 4.69) is 5.32 Å². The molecule has 0 aromatic heterocycles. The molecule has 0 radical (unpaired) electrons. The summed E-state index contributed by atoms with van der Waals surface area (Å²) in [4.78, 5) is 24.2. The minimum atomic E-state index is -0.487. The Kier molecular flexibility index (Phi) is 7.55. The molecular formula is C17H14Cl2FNO3S. The molecule has 0 fully saturated rings. The Morgan fingerprint density at radius 3 is 2.48 bits per heavy atom. The van der Waals surface area contributed by atoms with Gasteiger partial charge in [-0.15, -0.1) is 11.8 Å². The highest BCUT2D eigenvalue weighted by atomic mass is 35.5. The van der Waals surface area contributed by atoms with Gasteiger partial charge in [0.1, 0.15) is 5.82 Å². The van der Waals surface area contributed by atoms with Gasteiger partial charge in [-0.2, -0.15) is 0 Å². The van der Waals surface area contributed by atoms with Crippen LogP contribution in [0.5, 0.6) is 0 Å². The fraction of sp³-hybridized carbons (Fsp3) is 0.176. The molecular weight excluding hydrogens is 388 g/mol. The lowest BCUT2D eigenvalue weighted by Gasteiger charge is -2.07. The van der Waals surface area contributed by atoms with Crippen molar-refractivity contribution in [2.24, 2.45) is 0 Å². The SMILES string of the molecule is O=C(COC(=O)CCSc1ccc(F)cc1)Nc1ccc(Cl)c(Cl)c1. The molecule has 1 amide bonds. The lowest BCUT2D eigenvalue weighted by Crippen LogP contribution is -2.21. The summed E-state index contributed by atoms with van der Waals surface area (Å²) < 4.78 is 17.7.